The van der Waals surface area contributed by atoms with Crippen LogP contribution in [0.5, 0.6) is 23.0 Å². The number of aliphatic hydroxyl groups excluding tert-OH is 7. The van der Waals surface area contributed by atoms with Crippen molar-refractivity contribution in [3.63, 3.8) is 0 Å². The fraction of sp³-hybridized carbons (Fsp3) is 0.444. The van der Waals surface area contributed by atoms with E-state index >= 15 is 0 Å². The van der Waals surface area contributed by atoms with Crippen LogP contribution in [-0.4, -0.2) is 114 Å². The van der Waals surface area contributed by atoms with E-state index < -0.39 is 90.3 Å². The van der Waals surface area contributed by atoms with Crippen LogP contribution in [0.4, 0.5) is 0 Å². The molecule has 0 radical (unpaired) electrons. The van der Waals surface area contributed by atoms with Crippen molar-refractivity contribution >= 4 is 11.0 Å². The minimum atomic E-state index is -1.78. The van der Waals surface area contributed by atoms with Gasteiger partial charge in [0, 0.05) is 17.7 Å². The van der Waals surface area contributed by atoms with Crippen LogP contribution in [0.25, 0.3) is 22.3 Å². The molecular formula is C27H30O15. The molecule has 0 amide bonds. The van der Waals surface area contributed by atoms with Crippen LogP contribution >= 0.6 is 0 Å². The molecule has 2 fully saturated rings. The minimum absolute atomic E-state index is 0.103. The molecule has 9 N–H and O–H groups in total. The number of fused-ring (bicyclic) bond motifs is 1. The number of ether oxygens (including phenoxy) is 4. The van der Waals surface area contributed by atoms with Gasteiger partial charge in [-0.05, 0) is 31.2 Å². The third kappa shape index (κ3) is 5.37. The monoisotopic (exact) mass is 594 g/mol. The lowest BCUT2D eigenvalue weighted by atomic mass is 9.99. The Kier molecular flexibility index (Phi) is 8.30. The molecule has 0 saturated carbocycles. The second-order valence-electron chi connectivity index (χ2n) is 10.1. The molecule has 15 nitrogen and oxygen atoms in total. The summed E-state index contributed by atoms with van der Waals surface area (Å²) in [5, 5.41) is 90.6. The van der Waals surface area contributed by atoms with Gasteiger partial charge >= 0.3 is 0 Å². The summed E-state index contributed by atoms with van der Waals surface area (Å²) in [5.41, 5.74) is -0.968. The third-order valence-electron chi connectivity index (χ3n) is 7.18. The summed E-state index contributed by atoms with van der Waals surface area (Å²) >= 11 is 0. The first-order chi connectivity index (χ1) is 19.9. The van der Waals surface area contributed by atoms with Gasteiger partial charge in [0.15, 0.2) is 5.76 Å². The smallest absolute Gasteiger partial charge is 0.239 e. The van der Waals surface area contributed by atoms with E-state index in [4.69, 9.17) is 23.4 Å². The second-order valence-corrected chi connectivity index (χ2v) is 10.1. The van der Waals surface area contributed by atoms with E-state index in [2.05, 4.69) is 0 Å². The maximum atomic E-state index is 13.7. The Morgan fingerprint density at radius 2 is 1.40 bits per heavy atom. The average Bonchev–Trinajstić information content (AvgIpc) is 2.96. The third-order valence-corrected chi connectivity index (χ3v) is 7.18. The highest BCUT2D eigenvalue weighted by Crippen LogP contribution is 2.38. The quantitative estimate of drug-likeness (QED) is 0.154. The Hall–Kier alpha value is -3.51. The number of phenolic OH excluding ortho intramolecular Hbond substituents is 2. The van der Waals surface area contributed by atoms with E-state index in [0.29, 0.717) is 0 Å². The summed E-state index contributed by atoms with van der Waals surface area (Å²) in [6.45, 7) is 0.721. The number of aromatic hydroxyl groups is 2. The van der Waals surface area contributed by atoms with Gasteiger partial charge in [0.1, 0.15) is 70.9 Å². The molecule has 1 aromatic heterocycles. The van der Waals surface area contributed by atoms with Crippen molar-refractivity contribution in [3.8, 4) is 34.3 Å². The van der Waals surface area contributed by atoms with Gasteiger partial charge in [-0.15, -0.1) is 0 Å². The Morgan fingerprint density at radius 3 is 2.05 bits per heavy atom. The van der Waals surface area contributed by atoms with E-state index in [9.17, 15) is 50.8 Å². The lowest BCUT2D eigenvalue weighted by Gasteiger charge is -2.39. The molecule has 2 aliphatic rings. The summed E-state index contributed by atoms with van der Waals surface area (Å²) in [4.78, 5) is 13.7. The van der Waals surface area contributed by atoms with Crippen molar-refractivity contribution < 1.29 is 69.3 Å². The molecule has 0 spiro atoms. The SMILES string of the molecule is CC1OC(Oc2c(-c3ccc(O)cc3)oc3cc(OC4OC(CO)C(O)C(O)C4O)cc(O)c3c2=O)C(O)C(O)C1O. The van der Waals surface area contributed by atoms with Crippen molar-refractivity contribution in [1.82, 2.24) is 0 Å². The molecule has 3 aromatic rings. The van der Waals surface area contributed by atoms with E-state index in [1.54, 1.807) is 0 Å². The highest BCUT2D eigenvalue weighted by molar-refractivity contribution is 5.88. The largest absolute Gasteiger partial charge is 0.508 e. The zero-order valence-corrected chi connectivity index (χ0v) is 21.9. The maximum Gasteiger partial charge on any atom is 0.239 e. The van der Waals surface area contributed by atoms with Crippen molar-refractivity contribution in [3.05, 3.63) is 46.6 Å². The molecule has 15 heteroatoms. The van der Waals surface area contributed by atoms with Gasteiger partial charge in [-0.3, -0.25) is 4.79 Å². The van der Waals surface area contributed by atoms with E-state index in [0.717, 1.165) is 6.07 Å². The van der Waals surface area contributed by atoms with Crippen molar-refractivity contribution in [1.29, 1.82) is 0 Å². The number of hydrogen-bond donors (Lipinski definition) is 9. The van der Waals surface area contributed by atoms with Crippen LogP contribution in [0.3, 0.4) is 0 Å². The molecular weight excluding hydrogens is 564 g/mol. The minimum Gasteiger partial charge on any atom is -0.508 e. The van der Waals surface area contributed by atoms with Gasteiger partial charge in [-0.2, -0.15) is 0 Å². The molecule has 228 valence electrons. The number of aliphatic hydroxyl groups is 7. The zero-order chi connectivity index (χ0) is 30.5. The van der Waals surface area contributed by atoms with Gasteiger partial charge in [-0.1, -0.05) is 0 Å². The molecule has 5 rings (SSSR count). The van der Waals surface area contributed by atoms with Crippen LogP contribution in [-0.2, 0) is 9.47 Å². The summed E-state index contributed by atoms with van der Waals surface area (Å²) in [6, 6.07) is 7.53. The second kappa shape index (κ2) is 11.6. The molecule has 2 aromatic carbocycles. The highest BCUT2D eigenvalue weighted by atomic mass is 16.7. The molecule has 10 atom stereocenters. The average molecular weight is 595 g/mol. The molecule has 10 unspecified atom stereocenters. The predicted octanol–water partition coefficient (Wildman–Crippen LogP) is -1.74. The Balaban J connectivity index is 1.58. The van der Waals surface area contributed by atoms with Crippen LogP contribution in [0.15, 0.2) is 45.6 Å². The Bertz CT molecular complexity index is 1470. The first kappa shape index (κ1) is 30.0. The van der Waals surface area contributed by atoms with Gasteiger partial charge < -0.3 is 69.3 Å². The summed E-state index contributed by atoms with van der Waals surface area (Å²) in [6.07, 6.45) is -15.5. The molecule has 3 heterocycles. The maximum absolute atomic E-state index is 13.7. The lowest BCUT2D eigenvalue weighted by molar-refractivity contribution is -0.277. The fourth-order valence-corrected chi connectivity index (χ4v) is 4.76. The van der Waals surface area contributed by atoms with Gasteiger partial charge in [0.2, 0.25) is 23.8 Å². The van der Waals surface area contributed by atoms with Crippen LogP contribution in [0.2, 0.25) is 0 Å². The normalized spacial score (nSPS) is 33.4. The lowest BCUT2D eigenvalue weighted by Crippen LogP contribution is -2.60. The summed E-state index contributed by atoms with van der Waals surface area (Å²) < 4.78 is 28.0. The van der Waals surface area contributed by atoms with Gasteiger partial charge in [-0.25, -0.2) is 0 Å². The molecule has 2 aliphatic heterocycles. The van der Waals surface area contributed by atoms with Gasteiger partial charge in [0.05, 0.1) is 12.7 Å². The number of benzene rings is 2. The van der Waals surface area contributed by atoms with Crippen molar-refractivity contribution in [2.24, 2.45) is 0 Å². The van der Waals surface area contributed by atoms with E-state index in [1.807, 2.05) is 0 Å². The van der Waals surface area contributed by atoms with Gasteiger partial charge in [0.25, 0.3) is 0 Å². The van der Waals surface area contributed by atoms with Crippen molar-refractivity contribution in [2.45, 2.75) is 68.3 Å². The van der Waals surface area contributed by atoms with Crippen LogP contribution in [0.1, 0.15) is 6.92 Å². The number of rotatable bonds is 6. The Labute approximate surface area is 236 Å². The first-order valence-corrected chi connectivity index (χ1v) is 12.9. The summed E-state index contributed by atoms with van der Waals surface area (Å²) in [5.74, 6) is -1.74. The molecule has 0 bridgehead atoms. The number of phenols is 2. The molecule has 0 aliphatic carbocycles. The zero-order valence-electron chi connectivity index (χ0n) is 21.9. The standard InChI is InChI=1S/C27H30O15/c1-9-17(31)20(34)22(36)26(38-9)42-25-19(33)16-13(30)6-12(39-27-23(37)21(35)18(32)15(8-28)41-27)7-14(16)40-24(25)10-2-4-11(29)5-3-10/h2-7,9,15,17-18,20-23,26-32,34-37H,8H2,1H3. The van der Waals surface area contributed by atoms with E-state index in [-0.39, 0.29) is 28.4 Å². The van der Waals surface area contributed by atoms with Crippen LogP contribution in [0, 0.1) is 0 Å². The summed E-state index contributed by atoms with van der Waals surface area (Å²) in [7, 11) is 0. The Morgan fingerprint density at radius 1 is 0.786 bits per heavy atom. The first-order valence-electron chi connectivity index (χ1n) is 12.9. The highest BCUT2D eigenvalue weighted by Gasteiger charge is 2.45. The predicted molar refractivity (Wildman–Crippen MR) is 139 cm³/mol. The van der Waals surface area contributed by atoms with E-state index in [1.165, 1.54) is 37.3 Å². The fourth-order valence-electron chi connectivity index (χ4n) is 4.76. The van der Waals surface area contributed by atoms with Crippen molar-refractivity contribution in [2.75, 3.05) is 6.61 Å². The van der Waals surface area contributed by atoms with Crippen LogP contribution < -0.4 is 14.9 Å². The molecule has 42 heavy (non-hydrogen) atoms. The molecule has 2 saturated heterocycles. The number of hydrogen-bond acceptors (Lipinski definition) is 15. The topological polar surface area (TPSA) is 249 Å².